The summed E-state index contributed by atoms with van der Waals surface area (Å²) >= 11 is 5.26. The number of ether oxygens (including phenoxy) is 1. The highest BCUT2D eigenvalue weighted by Gasteiger charge is 2.08. The van der Waals surface area contributed by atoms with Gasteiger partial charge in [0.05, 0.1) is 12.7 Å². The number of hydrogen-bond donors (Lipinski definition) is 2. The zero-order valence-electron chi connectivity index (χ0n) is 9.88. The van der Waals surface area contributed by atoms with Crippen molar-refractivity contribution < 1.29 is 9.84 Å². The van der Waals surface area contributed by atoms with E-state index >= 15 is 0 Å². The topological polar surface area (TPSA) is 41.5 Å². The second kappa shape index (κ2) is 5.51. The summed E-state index contributed by atoms with van der Waals surface area (Å²) in [4.78, 5) is 0.473. The van der Waals surface area contributed by atoms with E-state index in [1.54, 1.807) is 19.2 Å². The minimum atomic E-state index is 0.0998. The van der Waals surface area contributed by atoms with Gasteiger partial charge in [0, 0.05) is 11.8 Å². The number of hydrogen-bond acceptors (Lipinski definition) is 3. The fourth-order valence-corrected chi connectivity index (χ4v) is 1.84. The normalized spacial score (nSPS) is 9.83. The summed E-state index contributed by atoms with van der Waals surface area (Å²) in [7, 11) is 1.55. The summed E-state index contributed by atoms with van der Waals surface area (Å²) < 4.78 is 5.02. The van der Waals surface area contributed by atoms with Crippen LogP contribution in [0.1, 0.15) is 5.56 Å². The van der Waals surface area contributed by atoms with Crippen LogP contribution in [0.15, 0.2) is 48.5 Å². The first-order valence-electron chi connectivity index (χ1n) is 5.44. The molecule has 0 amide bonds. The second-order valence-electron chi connectivity index (χ2n) is 3.70. The van der Waals surface area contributed by atoms with Crippen LogP contribution in [-0.4, -0.2) is 17.2 Å². The van der Waals surface area contributed by atoms with Crippen LogP contribution >= 0.6 is 12.2 Å². The van der Waals surface area contributed by atoms with E-state index in [-0.39, 0.29) is 5.75 Å². The van der Waals surface area contributed by atoms with Gasteiger partial charge in [-0.1, -0.05) is 30.4 Å². The van der Waals surface area contributed by atoms with Crippen molar-refractivity contribution in [1.82, 2.24) is 0 Å². The first kappa shape index (κ1) is 12.4. The molecule has 0 spiro atoms. The van der Waals surface area contributed by atoms with Crippen molar-refractivity contribution in [1.29, 1.82) is 0 Å². The van der Waals surface area contributed by atoms with Crippen molar-refractivity contribution in [3.8, 4) is 11.5 Å². The molecule has 2 rings (SSSR count). The lowest BCUT2D eigenvalue weighted by Crippen LogP contribution is -2.10. The maximum Gasteiger partial charge on any atom is 0.129 e. The Morgan fingerprint density at radius 3 is 2.50 bits per heavy atom. The molecule has 2 aromatic rings. The van der Waals surface area contributed by atoms with E-state index < -0.39 is 0 Å². The molecule has 0 saturated carbocycles. The minimum absolute atomic E-state index is 0.0998. The quantitative estimate of drug-likeness (QED) is 0.831. The fraction of sp³-hybridized carbons (Fsp3) is 0.0714. The molecule has 0 aliphatic heterocycles. The van der Waals surface area contributed by atoms with Gasteiger partial charge in [-0.2, -0.15) is 0 Å². The Bertz CT molecular complexity index is 555. The van der Waals surface area contributed by atoms with Gasteiger partial charge in [0.1, 0.15) is 16.5 Å². The predicted octanol–water partition coefficient (Wildman–Crippen LogP) is 3.19. The molecule has 92 valence electrons. The summed E-state index contributed by atoms with van der Waals surface area (Å²) in [5.41, 5.74) is 1.47. The number of nitrogens with one attached hydrogen (secondary N) is 1. The van der Waals surface area contributed by atoms with Crippen LogP contribution in [0.2, 0.25) is 0 Å². The van der Waals surface area contributed by atoms with Gasteiger partial charge in [-0.25, -0.2) is 0 Å². The molecule has 2 aromatic carbocycles. The van der Waals surface area contributed by atoms with Gasteiger partial charge in [0.15, 0.2) is 0 Å². The molecule has 0 fully saturated rings. The zero-order chi connectivity index (χ0) is 13.0. The summed E-state index contributed by atoms with van der Waals surface area (Å²) in [6.45, 7) is 0. The number of thiocarbonyl (C=S) groups is 1. The molecule has 18 heavy (non-hydrogen) atoms. The van der Waals surface area contributed by atoms with Crippen LogP contribution in [0.4, 0.5) is 5.69 Å². The number of phenolic OH excluding ortho intramolecular Hbond substituents is 1. The van der Waals surface area contributed by atoms with Gasteiger partial charge in [-0.3, -0.25) is 0 Å². The lowest BCUT2D eigenvalue weighted by atomic mass is 10.2. The van der Waals surface area contributed by atoms with Crippen LogP contribution in [0.3, 0.4) is 0 Å². The van der Waals surface area contributed by atoms with E-state index in [1.807, 2.05) is 30.3 Å². The van der Waals surface area contributed by atoms with Crippen LogP contribution < -0.4 is 10.1 Å². The Hall–Kier alpha value is -2.07. The molecular formula is C14H13NO2S. The largest absolute Gasteiger partial charge is 0.507 e. The SMILES string of the molecule is COc1ccc(C(=S)Nc2ccccc2)c(O)c1. The standard InChI is InChI=1S/C14H13NO2S/c1-17-11-7-8-12(13(16)9-11)14(18)15-10-5-3-2-4-6-10/h2-9,16H,1H3,(H,15,18). The summed E-state index contributed by atoms with van der Waals surface area (Å²) in [5, 5.41) is 12.9. The number of rotatable bonds is 3. The van der Waals surface area contributed by atoms with Gasteiger partial charge in [0.25, 0.3) is 0 Å². The van der Waals surface area contributed by atoms with E-state index in [2.05, 4.69) is 5.32 Å². The molecule has 0 aromatic heterocycles. The van der Waals surface area contributed by atoms with E-state index in [4.69, 9.17) is 17.0 Å². The smallest absolute Gasteiger partial charge is 0.129 e. The van der Waals surface area contributed by atoms with Gasteiger partial charge in [-0.05, 0) is 24.3 Å². The van der Waals surface area contributed by atoms with E-state index in [9.17, 15) is 5.11 Å². The third kappa shape index (κ3) is 2.78. The molecule has 2 N–H and O–H groups in total. The Balaban J connectivity index is 2.19. The highest BCUT2D eigenvalue weighted by atomic mass is 32.1. The van der Waals surface area contributed by atoms with Crippen LogP contribution in [0, 0.1) is 0 Å². The highest BCUT2D eigenvalue weighted by molar-refractivity contribution is 7.81. The Kier molecular flexibility index (Phi) is 3.79. The third-order valence-corrected chi connectivity index (χ3v) is 2.80. The van der Waals surface area contributed by atoms with Crippen LogP contribution in [0.5, 0.6) is 11.5 Å². The number of phenols is 1. The molecular weight excluding hydrogens is 246 g/mol. The van der Waals surface area contributed by atoms with Crippen LogP contribution in [0.25, 0.3) is 0 Å². The molecule has 0 atom stereocenters. The Morgan fingerprint density at radius 1 is 1.17 bits per heavy atom. The van der Waals surface area contributed by atoms with Crippen molar-refractivity contribution in [3.63, 3.8) is 0 Å². The average molecular weight is 259 g/mol. The number of methoxy groups -OCH3 is 1. The Morgan fingerprint density at radius 2 is 1.89 bits per heavy atom. The number of benzene rings is 2. The van der Waals surface area contributed by atoms with Gasteiger partial charge in [-0.15, -0.1) is 0 Å². The third-order valence-electron chi connectivity index (χ3n) is 2.48. The molecule has 0 aliphatic carbocycles. The van der Waals surface area contributed by atoms with E-state index in [0.29, 0.717) is 16.3 Å². The lowest BCUT2D eigenvalue weighted by molar-refractivity contribution is 0.407. The molecule has 0 bridgehead atoms. The van der Waals surface area contributed by atoms with Gasteiger partial charge in [0.2, 0.25) is 0 Å². The minimum Gasteiger partial charge on any atom is -0.507 e. The molecule has 0 unspecified atom stereocenters. The highest BCUT2D eigenvalue weighted by Crippen LogP contribution is 2.24. The maximum absolute atomic E-state index is 9.86. The summed E-state index contributed by atoms with van der Waals surface area (Å²) in [6, 6.07) is 14.6. The van der Waals surface area contributed by atoms with Crippen molar-refractivity contribution in [2.75, 3.05) is 12.4 Å². The molecule has 0 saturated heterocycles. The molecule has 0 radical (unpaired) electrons. The summed E-state index contributed by atoms with van der Waals surface area (Å²) in [6.07, 6.45) is 0. The fourth-order valence-electron chi connectivity index (χ4n) is 1.55. The van der Waals surface area contributed by atoms with Crippen molar-refractivity contribution in [2.45, 2.75) is 0 Å². The lowest BCUT2D eigenvalue weighted by Gasteiger charge is -2.10. The zero-order valence-corrected chi connectivity index (χ0v) is 10.7. The monoisotopic (exact) mass is 259 g/mol. The molecule has 4 heteroatoms. The first-order chi connectivity index (χ1) is 8.70. The maximum atomic E-state index is 9.86. The van der Waals surface area contributed by atoms with Gasteiger partial charge >= 0.3 is 0 Å². The number of aromatic hydroxyl groups is 1. The van der Waals surface area contributed by atoms with Crippen molar-refractivity contribution in [2.24, 2.45) is 0 Å². The number of anilines is 1. The van der Waals surface area contributed by atoms with E-state index in [0.717, 1.165) is 5.69 Å². The first-order valence-corrected chi connectivity index (χ1v) is 5.85. The molecule has 3 nitrogen and oxygen atoms in total. The molecule has 0 heterocycles. The van der Waals surface area contributed by atoms with Crippen molar-refractivity contribution >= 4 is 22.9 Å². The van der Waals surface area contributed by atoms with E-state index in [1.165, 1.54) is 6.07 Å². The van der Waals surface area contributed by atoms with Crippen molar-refractivity contribution in [3.05, 3.63) is 54.1 Å². The Labute approximate surface area is 111 Å². The predicted molar refractivity (Wildman–Crippen MR) is 76.4 cm³/mol. The van der Waals surface area contributed by atoms with Gasteiger partial charge < -0.3 is 15.2 Å². The van der Waals surface area contributed by atoms with Crippen LogP contribution in [-0.2, 0) is 0 Å². The number of para-hydroxylation sites is 1. The average Bonchev–Trinajstić information content (AvgIpc) is 2.39. The second-order valence-corrected chi connectivity index (χ2v) is 4.11. The summed E-state index contributed by atoms with van der Waals surface area (Å²) in [5.74, 6) is 0.696. The molecule has 0 aliphatic rings.